The average Bonchev–Trinajstić information content (AvgIpc) is 2.98. The molecular weight excluding hydrogens is 572 g/mol. The lowest BCUT2D eigenvalue weighted by atomic mass is 10.1. The molecule has 1 heterocycles. The fraction of sp³-hybridized carbons (Fsp3) is 0.379. The van der Waals surface area contributed by atoms with Crippen molar-refractivity contribution in [2.45, 2.75) is 44.3 Å². The molecule has 0 bridgehead atoms. The molecule has 0 spiro atoms. The summed E-state index contributed by atoms with van der Waals surface area (Å²) in [6.45, 7) is -0.415. The normalized spacial score (nSPS) is 12.4. The summed E-state index contributed by atoms with van der Waals surface area (Å²) in [5.74, 6) is -1.99. The van der Waals surface area contributed by atoms with Crippen LogP contribution in [0.5, 0.6) is 0 Å². The number of carbonyl (C=O) groups excluding carboxylic acids is 3. The first kappa shape index (κ1) is 32.6. The number of aromatic nitrogens is 1. The van der Waals surface area contributed by atoms with Crippen LogP contribution in [0.15, 0.2) is 48.7 Å². The summed E-state index contributed by atoms with van der Waals surface area (Å²) in [7, 11) is 1.53. The quantitative estimate of drug-likeness (QED) is 0.163. The van der Waals surface area contributed by atoms with Crippen LogP contribution >= 0.6 is 11.6 Å². The molecule has 0 saturated carbocycles. The minimum absolute atomic E-state index is 0.0175. The van der Waals surface area contributed by atoms with E-state index in [1.54, 1.807) is 24.4 Å². The van der Waals surface area contributed by atoms with Gasteiger partial charge in [0.1, 0.15) is 24.3 Å². The maximum atomic E-state index is 13.8. The van der Waals surface area contributed by atoms with E-state index >= 15 is 0 Å². The van der Waals surface area contributed by atoms with Gasteiger partial charge in [-0.2, -0.15) is 0 Å². The third kappa shape index (κ3) is 9.61. The molecule has 3 amide bonds. The number of aliphatic hydroxyl groups is 1. The van der Waals surface area contributed by atoms with Gasteiger partial charge in [0.2, 0.25) is 5.91 Å². The summed E-state index contributed by atoms with van der Waals surface area (Å²) in [4.78, 5) is 43.0. The first-order valence-corrected chi connectivity index (χ1v) is 13.7. The largest absolute Gasteiger partial charge is 0.463 e. The summed E-state index contributed by atoms with van der Waals surface area (Å²) in [6.07, 6.45) is 2.67. The van der Waals surface area contributed by atoms with E-state index in [4.69, 9.17) is 27.2 Å². The van der Waals surface area contributed by atoms with Crippen LogP contribution in [-0.4, -0.2) is 71.8 Å². The summed E-state index contributed by atoms with van der Waals surface area (Å²) >= 11 is 5.98. The Morgan fingerprint density at radius 1 is 1.14 bits per heavy atom. The zero-order valence-electron chi connectivity index (χ0n) is 23.1. The molecule has 0 unspecified atom stereocenters. The summed E-state index contributed by atoms with van der Waals surface area (Å²) in [6, 6.07) is 8.26. The number of esters is 1. The molecule has 13 heteroatoms. The number of urea groups is 1. The molecular formula is C29H34ClF2N5O5. The molecule has 0 fully saturated rings. The number of nitrogens with two attached hydrogens (primary N) is 1. The zero-order chi connectivity index (χ0) is 30.6. The summed E-state index contributed by atoms with van der Waals surface area (Å²) in [5, 5.41) is 15.7. The van der Waals surface area contributed by atoms with Crippen LogP contribution < -0.4 is 16.4 Å². The highest BCUT2D eigenvalue weighted by Gasteiger charge is 2.22. The second kappa shape index (κ2) is 15.9. The van der Waals surface area contributed by atoms with Crippen molar-refractivity contribution >= 4 is 40.3 Å². The number of nitrogens with zero attached hydrogens (tertiary/aromatic N) is 2. The van der Waals surface area contributed by atoms with Crippen LogP contribution in [0.3, 0.4) is 0 Å². The Hall–Kier alpha value is -3.87. The number of ether oxygens (including phenoxy) is 1. The van der Waals surface area contributed by atoms with E-state index in [0.29, 0.717) is 29.5 Å². The third-order valence-electron chi connectivity index (χ3n) is 6.64. The van der Waals surface area contributed by atoms with E-state index in [0.717, 1.165) is 5.39 Å². The second-order valence-electron chi connectivity index (χ2n) is 9.71. The molecule has 3 rings (SSSR count). The van der Waals surface area contributed by atoms with Gasteiger partial charge >= 0.3 is 12.0 Å². The van der Waals surface area contributed by atoms with Crippen molar-refractivity contribution in [1.82, 2.24) is 20.5 Å². The maximum absolute atomic E-state index is 13.8. The third-order valence-corrected chi connectivity index (χ3v) is 7.06. The van der Waals surface area contributed by atoms with E-state index in [9.17, 15) is 23.2 Å². The summed E-state index contributed by atoms with van der Waals surface area (Å²) in [5.41, 5.74) is 6.50. The number of hydrogen-bond donors (Lipinski definition) is 4. The van der Waals surface area contributed by atoms with Crippen molar-refractivity contribution < 1.29 is 33.0 Å². The molecule has 0 aliphatic heterocycles. The molecule has 226 valence electrons. The molecule has 2 atom stereocenters. The number of halogens is 3. The molecule has 2 aromatic carbocycles. The molecule has 0 aliphatic rings. The highest BCUT2D eigenvalue weighted by Crippen LogP contribution is 2.20. The van der Waals surface area contributed by atoms with Gasteiger partial charge in [0.15, 0.2) is 0 Å². The Morgan fingerprint density at radius 3 is 2.69 bits per heavy atom. The lowest BCUT2D eigenvalue weighted by Gasteiger charge is -2.28. The Kier molecular flexibility index (Phi) is 12.4. The number of amides is 3. The van der Waals surface area contributed by atoms with E-state index in [1.807, 2.05) is 0 Å². The fourth-order valence-corrected chi connectivity index (χ4v) is 4.28. The Bertz CT molecular complexity index is 1400. The first-order valence-electron chi connectivity index (χ1n) is 13.4. The number of carbonyl (C=O) groups is 3. The number of aliphatic hydroxyl groups excluding tert-OH is 1. The lowest BCUT2D eigenvalue weighted by Crippen LogP contribution is -2.46. The average molecular weight is 606 g/mol. The van der Waals surface area contributed by atoms with Crippen LogP contribution in [0.1, 0.15) is 30.5 Å². The van der Waals surface area contributed by atoms with E-state index < -0.39 is 42.4 Å². The van der Waals surface area contributed by atoms with Gasteiger partial charge in [-0.3, -0.25) is 14.6 Å². The number of fused-ring (bicyclic) bond motifs is 1. The topological polar surface area (TPSA) is 147 Å². The van der Waals surface area contributed by atoms with Crippen LogP contribution in [0.2, 0.25) is 5.02 Å². The van der Waals surface area contributed by atoms with Gasteiger partial charge in [-0.25, -0.2) is 13.6 Å². The van der Waals surface area contributed by atoms with Gasteiger partial charge in [-0.05, 0) is 54.1 Å². The molecule has 0 radical (unpaired) electrons. The minimum Gasteiger partial charge on any atom is -0.463 e. The van der Waals surface area contributed by atoms with Gasteiger partial charge < -0.3 is 31.1 Å². The van der Waals surface area contributed by atoms with Crippen LogP contribution in [0.4, 0.5) is 13.6 Å². The monoisotopic (exact) mass is 605 g/mol. The van der Waals surface area contributed by atoms with Gasteiger partial charge in [0.25, 0.3) is 0 Å². The molecule has 42 heavy (non-hydrogen) atoms. The molecule has 1 aromatic heterocycles. The number of nitrogens with one attached hydrogen (secondary N) is 2. The van der Waals surface area contributed by atoms with Crippen molar-refractivity contribution in [3.8, 4) is 0 Å². The van der Waals surface area contributed by atoms with Crippen molar-refractivity contribution in [1.29, 1.82) is 0 Å². The maximum Gasteiger partial charge on any atom is 0.317 e. The van der Waals surface area contributed by atoms with E-state index in [2.05, 4.69) is 15.6 Å². The minimum atomic E-state index is -1.04. The highest BCUT2D eigenvalue weighted by atomic mass is 35.5. The molecule has 0 saturated heterocycles. The number of hydrogen-bond acceptors (Lipinski definition) is 7. The van der Waals surface area contributed by atoms with Crippen molar-refractivity contribution in [3.05, 3.63) is 76.6 Å². The Labute approximate surface area is 247 Å². The number of likely N-dealkylation sites (N-methyl/N-ethyl adjacent to an activating group) is 1. The van der Waals surface area contributed by atoms with Crippen molar-refractivity contribution in [2.24, 2.45) is 5.73 Å². The molecule has 10 nitrogen and oxygen atoms in total. The second-order valence-corrected chi connectivity index (χ2v) is 10.1. The highest BCUT2D eigenvalue weighted by molar-refractivity contribution is 6.31. The number of pyridine rings is 1. The van der Waals surface area contributed by atoms with Gasteiger partial charge in [0, 0.05) is 43.8 Å². The van der Waals surface area contributed by atoms with Gasteiger partial charge in [-0.1, -0.05) is 23.7 Å². The van der Waals surface area contributed by atoms with Crippen LogP contribution in [0, 0.1) is 11.6 Å². The van der Waals surface area contributed by atoms with Gasteiger partial charge in [-0.15, -0.1) is 0 Å². The molecule has 3 aromatic rings. The number of benzene rings is 2. The lowest BCUT2D eigenvalue weighted by molar-refractivity contribution is -0.145. The fourth-order valence-electron chi connectivity index (χ4n) is 4.08. The Balaban J connectivity index is 1.57. The Morgan fingerprint density at radius 2 is 1.93 bits per heavy atom. The SMILES string of the molecule is CN(C(=O)NCc1cccc(F)c1Cl)[C@@H](CCCNC(=O)[C@H](N)CO)COC(=O)CCc1cc2cc(F)ccc2cn1. The predicted octanol–water partition coefficient (Wildman–Crippen LogP) is 3.07. The zero-order valence-corrected chi connectivity index (χ0v) is 23.9. The standard InChI is InChI=1S/C29H34ClF2N5O5/c1-37(29(41)36-15-19-4-2-6-24(32)27(19)30)23(5-3-11-34-28(40)25(33)16-38)17-42-26(39)10-9-22-13-20-12-21(31)8-7-18(20)14-35-22/h2,4,6-8,12-14,23,25,38H,3,5,9-11,15-17,33H2,1H3,(H,34,40)(H,36,41)/t23-,25+/m0/s1. The van der Waals surface area contributed by atoms with E-state index in [-0.39, 0.29) is 43.4 Å². The van der Waals surface area contributed by atoms with Crippen molar-refractivity contribution in [3.63, 3.8) is 0 Å². The number of aryl methyl sites for hydroxylation is 1. The number of rotatable bonds is 14. The van der Waals surface area contributed by atoms with Gasteiger partial charge in [0.05, 0.1) is 24.1 Å². The first-order chi connectivity index (χ1) is 20.1. The van der Waals surface area contributed by atoms with E-state index in [1.165, 1.54) is 36.2 Å². The smallest absolute Gasteiger partial charge is 0.317 e. The summed E-state index contributed by atoms with van der Waals surface area (Å²) < 4.78 is 32.8. The molecule has 0 aliphatic carbocycles. The van der Waals surface area contributed by atoms with Crippen molar-refractivity contribution in [2.75, 3.05) is 26.8 Å². The predicted molar refractivity (Wildman–Crippen MR) is 153 cm³/mol. The van der Waals surface area contributed by atoms with Crippen LogP contribution in [0.25, 0.3) is 10.8 Å². The molecule has 5 N–H and O–H groups in total. The van der Waals surface area contributed by atoms with Crippen LogP contribution in [-0.2, 0) is 27.3 Å².